The number of hydrogen-bond acceptors (Lipinski definition) is 3. The molecule has 1 atom stereocenters. The van der Waals surface area contributed by atoms with Gasteiger partial charge in [-0.1, -0.05) is 25.5 Å². The Morgan fingerprint density at radius 1 is 1.32 bits per heavy atom. The molecule has 1 aromatic rings. The number of nitrogens with zero attached hydrogens (tertiary/aromatic N) is 1. The van der Waals surface area contributed by atoms with Gasteiger partial charge >= 0.3 is 0 Å². The molecule has 2 rings (SSSR count). The molecule has 22 heavy (non-hydrogen) atoms. The van der Waals surface area contributed by atoms with Crippen molar-refractivity contribution in [2.45, 2.75) is 37.9 Å². The van der Waals surface area contributed by atoms with E-state index in [1.54, 1.807) is 4.90 Å². The Balaban J connectivity index is 2.08. The van der Waals surface area contributed by atoms with Gasteiger partial charge in [0, 0.05) is 18.7 Å². The number of nitrogens with one attached hydrogen (secondary N) is 1. The number of sulfonamides is 1. The van der Waals surface area contributed by atoms with Crippen LogP contribution in [0.2, 0.25) is 0 Å². The van der Waals surface area contributed by atoms with Gasteiger partial charge in [0.05, 0.1) is 5.25 Å². The zero-order valence-electron chi connectivity index (χ0n) is 13.2. The maximum atomic E-state index is 12.5. The van der Waals surface area contributed by atoms with Crippen LogP contribution in [0.25, 0.3) is 0 Å². The van der Waals surface area contributed by atoms with Crippen molar-refractivity contribution in [2.24, 2.45) is 0 Å². The average Bonchev–Trinajstić information content (AvgIpc) is 2.55. The maximum absolute atomic E-state index is 12.5. The van der Waals surface area contributed by atoms with E-state index in [0.717, 1.165) is 12.8 Å². The molecule has 1 aliphatic heterocycles. The van der Waals surface area contributed by atoms with Crippen LogP contribution < -0.4 is 4.72 Å². The molecule has 1 unspecified atom stereocenters. The topological polar surface area (TPSA) is 66.5 Å². The summed E-state index contributed by atoms with van der Waals surface area (Å²) in [5.74, 6) is -0.0842. The molecule has 0 bridgehead atoms. The number of aryl methyl sites for hydroxylation is 1. The second-order valence-electron chi connectivity index (χ2n) is 5.71. The largest absolute Gasteiger partial charge is 0.337 e. The van der Waals surface area contributed by atoms with Crippen LogP contribution in [-0.4, -0.2) is 44.6 Å². The summed E-state index contributed by atoms with van der Waals surface area (Å²) >= 11 is 0. The Hall–Kier alpha value is -1.40. The third-order valence-electron chi connectivity index (χ3n) is 4.13. The number of carbonyl (C=O) groups excluding carboxylic acids is 1. The molecular weight excluding hydrogens is 300 g/mol. The van der Waals surface area contributed by atoms with E-state index in [-0.39, 0.29) is 12.5 Å². The first kappa shape index (κ1) is 17.0. The number of rotatable bonds is 5. The van der Waals surface area contributed by atoms with Crippen LogP contribution in [0, 0.1) is 0 Å². The fourth-order valence-electron chi connectivity index (χ4n) is 2.83. The number of amides is 1. The molecule has 1 fully saturated rings. The average molecular weight is 324 g/mol. The number of carbonyl (C=O) groups is 1. The van der Waals surface area contributed by atoms with E-state index in [1.807, 2.05) is 24.3 Å². The lowest BCUT2D eigenvalue weighted by atomic mass is 10.1. The van der Waals surface area contributed by atoms with Crippen LogP contribution in [0.3, 0.4) is 0 Å². The van der Waals surface area contributed by atoms with Crippen molar-refractivity contribution in [2.75, 3.05) is 20.1 Å². The van der Waals surface area contributed by atoms with Gasteiger partial charge < -0.3 is 4.90 Å². The smallest absolute Gasteiger partial charge is 0.253 e. The summed E-state index contributed by atoms with van der Waals surface area (Å²) in [6, 6.07) is 7.62. The van der Waals surface area contributed by atoms with Crippen molar-refractivity contribution >= 4 is 15.9 Å². The monoisotopic (exact) mass is 324 g/mol. The lowest BCUT2D eigenvalue weighted by Gasteiger charge is -2.32. The highest BCUT2D eigenvalue weighted by Crippen LogP contribution is 2.19. The van der Waals surface area contributed by atoms with Crippen LogP contribution in [0.15, 0.2) is 24.3 Å². The molecule has 1 aromatic carbocycles. The molecular formula is C16H24N2O3S. The van der Waals surface area contributed by atoms with E-state index in [0.29, 0.717) is 24.9 Å². The summed E-state index contributed by atoms with van der Waals surface area (Å²) in [6.45, 7) is 3.00. The van der Waals surface area contributed by atoms with E-state index < -0.39 is 15.3 Å². The summed E-state index contributed by atoms with van der Waals surface area (Å²) in [5.41, 5.74) is 1.84. The van der Waals surface area contributed by atoms with E-state index in [4.69, 9.17) is 0 Å². The van der Waals surface area contributed by atoms with Crippen molar-refractivity contribution in [1.82, 2.24) is 9.62 Å². The highest BCUT2D eigenvalue weighted by Gasteiger charge is 2.32. The highest BCUT2D eigenvalue weighted by atomic mass is 32.2. The fraction of sp³-hybridized carbons (Fsp3) is 0.562. The molecule has 6 heteroatoms. The van der Waals surface area contributed by atoms with Crippen LogP contribution in [0.4, 0.5) is 0 Å². The Labute approximate surface area is 132 Å². The number of piperidine rings is 1. The minimum Gasteiger partial charge on any atom is -0.337 e. The molecule has 1 saturated heterocycles. The quantitative estimate of drug-likeness (QED) is 0.898. The zero-order valence-corrected chi connectivity index (χ0v) is 14.0. The lowest BCUT2D eigenvalue weighted by molar-refractivity contribution is 0.0726. The van der Waals surface area contributed by atoms with Crippen molar-refractivity contribution < 1.29 is 13.2 Å². The Morgan fingerprint density at radius 3 is 2.59 bits per heavy atom. The first-order valence-corrected chi connectivity index (χ1v) is 9.33. The summed E-state index contributed by atoms with van der Waals surface area (Å²) in [4.78, 5) is 14.2. The van der Waals surface area contributed by atoms with E-state index >= 15 is 0 Å². The molecule has 0 spiro atoms. The van der Waals surface area contributed by atoms with Gasteiger partial charge in [-0.05, 0) is 44.0 Å². The van der Waals surface area contributed by atoms with Crippen molar-refractivity contribution in [1.29, 1.82) is 0 Å². The first-order valence-electron chi connectivity index (χ1n) is 7.78. The summed E-state index contributed by atoms with van der Waals surface area (Å²) in [7, 11) is -1.91. The maximum Gasteiger partial charge on any atom is 0.253 e. The highest BCUT2D eigenvalue weighted by molar-refractivity contribution is 7.90. The number of likely N-dealkylation sites (tertiary alicyclic amines) is 1. The van der Waals surface area contributed by atoms with Gasteiger partial charge in [0.2, 0.25) is 10.0 Å². The Bertz CT molecular complexity index is 611. The number of benzene rings is 1. The number of hydrogen-bond donors (Lipinski definition) is 1. The Kier molecular flexibility index (Phi) is 5.58. The molecule has 0 saturated carbocycles. The van der Waals surface area contributed by atoms with E-state index in [2.05, 4.69) is 11.6 Å². The van der Waals surface area contributed by atoms with E-state index in [9.17, 15) is 13.2 Å². The second kappa shape index (κ2) is 7.24. The molecule has 1 N–H and O–H groups in total. The summed E-state index contributed by atoms with van der Waals surface area (Å²) in [6.07, 6.45) is 3.39. The summed E-state index contributed by atoms with van der Waals surface area (Å²) in [5, 5.41) is -0.519. The summed E-state index contributed by atoms with van der Waals surface area (Å²) < 4.78 is 26.2. The standard InChI is InChI=1S/C16H24N2O3S/c1-3-5-13-7-9-14(10-8-13)16(19)18-11-4-6-15(12-18)22(20,21)17-2/h7-10,15,17H,3-6,11-12H2,1-2H3. The minimum atomic E-state index is -3.33. The predicted molar refractivity (Wildman–Crippen MR) is 87.3 cm³/mol. The zero-order chi connectivity index (χ0) is 16.2. The van der Waals surface area contributed by atoms with Crippen LogP contribution in [0.5, 0.6) is 0 Å². The molecule has 0 aliphatic carbocycles. The molecule has 1 amide bonds. The molecule has 5 nitrogen and oxygen atoms in total. The lowest BCUT2D eigenvalue weighted by Crippen LogP contribution is -2.47. The second-order valence-corrected chi connectivity index (χ2v) is 7.88. The van der Waals surface area contributed by atoms with E-state index in [1.165, 1.54) is 12.6 Å². The third-order valence-corrected chi connectivity index (χ3v) is 5.96. The first-order chi connectivity index (χ1) is 10.5. The Morgan fingerprint density at radius 2 is 2.00 bits per heavy atom. The van der Waals surface area contributed by atoms with Crippen LogP contribution >= 0.6 is 0 Å². The van der Waals surface area contributed by atoms with Gasteiger partial charge in [0.15, 0.2) is 0 Å². The van der Waals surface area contributed by atoms with Gasteiger partial charge in [0.25, 0.3) is 5.91 Å². The fourth-order valence-corrected chi connectivity index (χ4v) is 4.01. The van der Waals surface area contributed by atoms with Gasteiger partial charge in [-0.15, -0.1) is 0 Å². The van der Waals surface area contributed by atoms with Crippen molar-refractivity contribution in [3.05, 3.63) is 35.4 Å². The van der Waals surface area contributed by atoms with Crippen LogP contribution in [-0.2, 0) is 16.4 Å². The SMILES string of the molecule is CCCc1ccc(C(=O)N2CCCC(S(=O)(=O)NC)C2)cc1. The normalized spacial score (nSPS) is 19.2. The van der Waals surface area contributed by atoms with Gasteiger partial charge in [-0.3, -0.25) is 4.79 Å². The van der Waals surface area contributed by atoms with Crippen molar-refractivity contribution in [3.63, 3.8) is 0 Å². The third kappa shape index (κ3) is 3.87. The van der Waals surface area contributed by atoms with Gasteiger partial charge in [0.1, 0.15) is 0 Å². The molecule has 1 aliphatic rings. The molecule has 0 radical (unpaired) electrons. The predicted octanol–water partition coefficient (Wildman–Crippen LogP) is 1.79. The molecule has 1 heterocycles. The molecule has 0 aromatic heterocycles. The molecule has 122 valence electrons. The van der Waals surface area contributed by atoms with Gasteiger partial charge in [-0.25, -0.2) is 13.1 Å². The van der Waals surface area contributed by atoms with Crippen LogP contribution in [0.1, 0.15) is 42.1 Å². The van der Waals surface area contributed by atoms with Gasteiger partial charge in [-0.2, -0.15) is 0 Å². The minimum absolute atomic E-state index is 0.0842. The van der Waals surface area contributed by atoms with Crippen molar-refractivity contribution in [3.8, 4) is 0 Å².